The van der Waals surface area contributed by atoms with Gasteiger partial charge in [0.1, 0.15) is 5.69 Å². The van der Waals surface area contributed by atoms with E-state index in [0.29, 0.717) is 52.9 Å². The van der Waals surface area contributed by atoms with E-state index < -0.39 is 4.92 Å². The Morgan fingerprint density at radius 3 is 2.43 bits per heavy atom. The van der Waals surface area contributed by atoms with E-state index >= 15 is 0 Å². The predicted molar refractivity (Wildman–Crippen MR) is 128 cm³/mol. The second kappa shape index (κ2) is 8.65. The summed E-state index contributed by atoms with van der Waals surface area (Å²) >= 11 is 0. The minimum absolute atomic E-state index is 0.0396. The Kier molecular flexibility index (Phi) is 5.49. The molecular weight excluding hydrogens is 446 g/mol. The van der Waals surface area contributed by atoms with Crippen LogP contribution in [0.3, 0.4) is 0 Å². The summed E-state index contributed by atoms with van der Waals surface area (Å²) in [5.74, 6) is -0.574. The van der Waals surface area contributed by atoms with E-state index in [-0.39, 0.29) is 29.6 Å². The molecule has 0 spiro atoms. The zero-order chi connectivity index (χ0) is 24.7. The zero-order valence-corrected chi connectivity index (χ0v) is 18.9. The van der Waals surface area contributed by atoms with Crippen molar-refractivity contribution in [3.63, 3.8) is 0 Å². The molecule has 0 bridgehead atoms. The fraction of sp³-hybridized carbons (Fsp3) is 0.231. The van der Waals surface area contributed by atoms with E-state index in [2.05, 4.69) is 11.1 Å². The normalized spacial score (nSPS) is 19.4. The molecule has 3 heterocycles. The van der Waals surface area contributed by atoms with Gasteiger partial charge < -0.3 is 4.90 Å². The summed E-state index contributed by atoms with van der Waals surface area (Å²) in [4.78, 5) is 44.7. The van der Waals surface area contributed by atoms with Crippen molar-refractivity contribution in [3.05, 3.63) is 87.7 Å². The lowest BCUT2D eigenvalue weighted by Gasteiger charge is -2.41. The van der Waals surface area contributed by atoms with Crippen LogP contribution in [0.1, 0.15) is 46.0 Å². The van der Waals surface area contributed by atoms with Gasteiger partial charge >= 0.3 is 0 Å². The topological polar surface area (TPSA) is 120 Å². The number of aromatic nitrogens is 1. The number of benzene rings is 2. The number of carbonyl (C=O) groups excluding carboxylic acids is 2. The van der Waals surface area contributed by atoms with E-state index in [0.717, 1.165) is 0 Å². The van der Waals surface area contributed by atoms with Gasteiger partial charge in [0.05, 0.1) is 27.7 Å². The fourth-order valence-electron chi connectivity index (χ4n) is 5.08. The van der Waals surface area contributed by atoms with Crippen LogP contribution in [0.5, 0.6) is 0 Å². The van der Waals surface area contributed by atoms with Crippen molar-refractivity contribution in [2.75, 3.05) is 11.4 Å². The number of pyridine rings is 1. The van der Waals surface area contributed by atoms with Crippen molar-refractivity contribution in [2.24, 2.45) is 0 Å². The van der Waals surface area contributed by atoms with Crippen LogP contribution in [-0.2, 0) is 0 Å². The lowest BCUT2D eigenvalue weighted by Crippen LogP contribution is -2.51. The number of hydrogen-bond acceptors (Lipinski definition) is 7. The van der Waals surface area contributed by atoms with Crippen molar-refractivity contribution in [2.45, 2.75) is 31.8 Å². The molecule has 174 valence electrons. The molecule has 9 heteroatoms. The molecule has 0 radical (unpaired) electrons. The first-order valence-electron chi connectivity index (χ1n) is 11.3. The number of piperidine rings is 1. The van der Waals surface area contributed by atoms with Crippen LogP contribution in [0.25, 0.3) is 11.1 Å². The van der Waals surface area contributed by atoms with E-state index in [1.54, 1.807) is 48.7 Å². The van der Waals surface area contributed by atoms with Crippen LogP contribution in [0, 0.1) is 21.4 Å². The smallest absolute Gasteiger partial charge is 0.292 e. The number of rotatable bonds is 4. The Bertz CT molecular complexity index is 1380. The van der Waals surface area contributed by atoms with Crippen LogP contribution < -0.4 is 4.90 Å². The molecule has 0 unspecified atom stereocenters. The number of nitriles is 1. The maximum Gasteiger partial charge on any atom is 0.292 e. The van der Waals surface area contributed by atoms with E-state index in [1.165, 1.54) is 17.2 Å². The molecule has 1 saturated heterocycles. The number of nitro benzene ring substituents is 1. The van der Waals surface area contributed by atoms with Gasteiger partial charge in [-0.05, 0) is 55.7 Å². The van der Waals surface area contributed by atoms with E-state index in [9.17, 15) is 25.0 Å². The number of nitro groups is 1. The molecular formula is C26H21N5O4. The van der Waals surface area contributed by atoms with Crippen LogP contribution in [0.4, 0.5) is 11.4 Å². The van der Waals surface area contributed by atoms with Crippen molar-refractivity contribution < 1.29 is 14.5 Å². The van der Waals surface area contributed by atoms with Crippen molar-refractivity contribution in [3.8, 4) is 17.2 Å². The number of hydrogen-bond donors (Lipinski definition) is 0. The first kappa shape index (κ1) is 22.2. The van der Waals surface area contributed by atoms with Gasteiger partial charge in [-0.2, -0.15) is 5.26 Å². The van der Waals surface area contributed by atoms with Crippen molar-refractivity contribution >= 4 is 23.2 Å². The first-order valence-corrected chi connectivity index (χ1v) is 11.3. The third kappa shape index (κ3) is 3.69. The maximum absolute atomic E-state index is 12.9. The first-order chi connectivity index (χ1) is 16.9. The summed E-state index contributed by atoms with van der Waals surface area (Å²) in [6, 6.07) is 14.9. The summed E-state index contributed by atoms with van der Waals surface area (Å²) in [6.07, 6.45) is 4.08. The number of anilines is 1. The highest BCUT2D eigenvalue weighted by Crippen LogP contribution is 2.38. The summed E-state index contributed by atoms with van der Waals surface area (Å²) in [7, 11) is 0. The SMILES string of the molecule is C[C@H]1C[C@@H](N2C(=O)c3ccccc3C2=O)CCN1c1cc(-c2cnccc2C#N)ccc1[N+](=O)[O-]. The predicted octanol–water partition coefficient (Wildman–Crippen LogP) is 4.18. The molecule has 2 aliphatic heterocycles. The lowest BCUT2D eigenvalue weighted by atomic mass is 9.94. The van der Waals surface area contributed by atoms with Crippen LogP contribution >= 0.6 is 0 Å². The molecule has 1 fully saturated rings. The minimum Gasteiger partial charge on any atom is -0.363 e. The van der Waals surface area contributed by atoms with Gasteiger partial charge in [0.15, 0.2) is 0 Å². The second-order valence-electron chi connectivity index (χ2n) is 8.74. The van der Waals surface area contributed by atoms with Gasteiger partial charge in [0.2, 0.25) is 0 Å². The molecule has 5 rings (SSSR count). The summed E-state index contributed by atoms with van der Waals surface area (Å²) < 4.78 is 0. The monoisotopic (exact) mass is 467 g/mol. The van der Waals surface area contributed by atoms with Crippen molar-refractivity contribution in [1.82, 2.24) is 9.88 Å². The number of fused-ring (bicyclic) bond motifs is 1. The average Bonchev–Trinajstić information content (AvgIpc) is 3.13. The number of amides is 2. The van der Waals surface area contributed by atoms with Crippen molar-refractivity contribution in [1.29, 1.82) is 5.26 Å². The van der Waals surface area contributed by atoms with Crippen LogP contribution in [0.2, 0.25) is 0 Å². The molecule has 2 aliphatic rings. The Labute approximate surface area is 201 Å². The van der Waals surface area contributed by atoms with Gasteiger partial charge in [-0.3, -0.25) is 29.6 Å². The maximum atomic E-state index is 12.9. The summed E-state index contributed by atoms with van der Waals surface area (Å²) in [6.45, 7) is 2.37. The molecule has 35 heavy (non-hydrogen) atoms. The molecule has 2 aromatic carbocycles. The molecule has 1 aromatic heterocycles. The number of carbonyl (C=O) groups is 2. The molecule has 9 nitrogen and oxygen atoms in total. The molecule has 0 N–H and O–H groups in total. The van der Waals surface area contributed by atoms with Crippen LogP contribution in [-0.4, -0.2) is 45.2 Å². The zero-order valence-electron chi connectivity index (χ0n) is 18.9. The van der Waals surface area contributed by atoms with E-state index in [4.69, 9.17) is 0 Å². The molecule has 3 aromatic rings. The quantitative estimate of drug-likeness (QED) is 0.321. The van der Waals surface area contributed by atoms with E-state index in [1.807, 2.05) is 11.8 Å². The third-order valence-corrected chi connectivity index (χ3v) is 6.77. The van der Waals surface area contributed by atoms with Crippen LogP contribution in [0.15, 0.2) is 60.9 Å². The summed E-state index contributed by atoms with van der Waals surface area (Å²) in [5.41, 5.74) is 2.92. The molecule has 2 atom stereocenters. The largest absolute Gasteiger partial charge is 0.363 e. The van der Waals surface area contributed by atoms with Gasteiger partial charge in [0, 0.05) is 42.7 Å². The average molecular weight is 467 g/mol. The lowest BCUT2D eigenvalue weighted by molar-refractivity contribution is -0.384. The Balaban J connectivity index is 1.45. The molecule has 2 amide bonds. The second-order valence-corrected chi connectivity index (χ2v) is 8.74. The Morgan fingerprint density at radius 1 is 1.09 bits per heavy atom. The fourth-order valence-corrected chi connectivity index (χ4v) is 5.08. The van der Waals surface area contributed by atoms with Gasteiger partial charge in [0.25, 0.3) is 17.5 Å². The Hall–Kier alpha value is -4.58. The third-order valence-electron chi connectivity index (χ3n) is 6.77. The van der Waals surface area contributed by atoms with Gasteiger partial charge in [-0.15, -0.1) is 0 Å². The van der Waals surface area contributed by atoms with Gasteiger partial charge in [-0.1, -0.05) is 12.1 Å². The standard InChI is InChI=1S/C26H21N5O4/c1-16-12-19(30-25(32)20-4-2-3-5-21(20)26(30)33)9-11-29(16)24-13-17(6-7-23(24)31(34)35)22-15-28-10-8-18(22)14-27/h2-8,10,13,15-16,19H,9,11-12H2,1H3/t16-,19-/m0/s1. The highest BCUT2D eigenvalue weighted by Gasteiger charge is 2.42. The highest BCUT2D eigenvalue weighted by molar-refractivity contribution is 6.21. The Morgan fingerprint density at radius 2 is 1.80 bits per heavy atom. The number of imide groups is 1. The van der Waals surface area contributed by atoms with Gasteiger partial charge in [-0.25, -0.2) is 0 Å². The highest BCUT2D eigenvalue weighted by atomic mass is 16.6. The minimum atomic E-state index is -0.420. The molecule has 0 aliphatic carbocycles. The molecule has 0 saturated carbocycles. The number of nitrogens with zero attached hydrogens (tertiary/aromatic N) is 5. The summed E-state index contributed by atoms with van der Waals surface area (Å²) in [5, 5.41) is 21.3.